The molecule has 2 heterocycles. The van der Waals surface area contributed by atoms with Crippen LogP contribution >= 0.6 is 22.9 Å². The number of fused-ring (bicyclic) bond motifs is 1. The van der Waals surface area contributed by atoms with Crippen molar-refractivity contribution in [3.63, 3.8) is 0 Å². The first kappa shape index (κ1) is 10.6. The lowest BCUT2D eigenvalue weighted by molar-refractivity contribution is 0.555. The Balaban J connectivity index is 2.20. The number of aromatic amines is 1. The van der Waals surface area contributed by atoms with E-state index in [0.717, 1.165) is 16.3 Å². The molecule has 17 heavy (non-hydrogen) atoms. The second kappa shape index (κ2) is 3.72. The quantitative estimate of drug-likeness (QED) is 0.736. The van der Waals surface area contributed by atoms with Crippen LogP contribution in [0.2, 0.25) is 4.34 Å². The molecule has 0 aliphatic heterocycles. The molecule has 0 atom stereocenters. The Bertz CT molecular complexity index is 737. The summed E-state index contributed by atoms with van der Waals surface area (Å²) >= 11 is 7.40. The fourth-order valence-electron chi connectivity index (χ4n) is 1.59. The van der Waals surface area contributed by atoms with Gasteiger partial charge in [-0.05, 0) is 25.1 Å². The molecule has 1 N–H and O–H groups in total. The lowest BCUT2D eigenvalue weighted by Gasteiger charge is -1.94. The van der Waals surface area contributed by atoms with Gasteiger partial charge in [-0.1, -0.05) is 11.6 Å². The van der Waals surface area contributed by atoms with Crippen LogP contribution in [0.15, 0.2) is 27.4 Å². The van der Waals surface area contributed by atoms with E-state index in [1.165, 1.54) is 11.3 Å². The van der Waals surface area contributed by atoms with Crippen molar-refractivity contribution in [2.75, 3.05) is 0 Å². The molecular formula is C11H7ClN2O2S. The Labute approximate surface area is 105 Å². The average molecular weight is 267 g/mol. The summed E-state index contributed by atoms with van der Waals surface area (Å²) in [7, 11) is 0. The van der Waals surface area contributed by atoms with E-state index >= 15 is 0 Å². The third-order valence-corrected chi connectivity index (χ3v) is 3.91. The molecule has 6 heteroatoms. The molecule has 0 fully saturated rings. The molecule has 0 unspecified atom stereocenters. The molecule has 86 valence electrons. The van der Waals surface area contributed by atoms with E-state index in [9.17, 15) is 4.79 Å². The highest BCUT2D eigenvalue weighted by atomic mass is 35.5. The molecule has 0 saturated heterocycles. The number of aryl methyl sites for hydroxylation is 1. The maximum atomic E-state index is 11.0. The van der Waals surface area contributed by atoms with Crippen molar-refractivity contribution < 1.29 is 4.42 Å². The van der Waals surface area contributed by atoms with E-state index in [1.807, 2.05) is 19.1 Å². The van der Waals surface area contributed by atoms with Crippen LogP contribution in [0.1, 0.15) is 5.69 Å². The Morgan fingerprint density at radius 3 is 3.00 bits per heavy atom. The summed E-state index contributed by atoms with van der Waals surface area (Å²) in [5.41, 5.74) is 2.93. The summed E-state index contributed by atoms with van der Waals surface area (Å²) in [5, 5.41) is 0.830. The minimum Gasteiger partial charge on any atom is -0.408 e. The molecule has 0 saturated carbocycles. The van der Waals surface area contributed by atoms with E-state index in [0.29, 0.717) is 15.4 Å². The zero-order chi connectivity index (χ0) is 12.0. The number of nitrogens with one attached hydrogen (secondary N) is 1. The third kappa shape index (κ3) is 1.77. The monoisotopic (exact) mass is 266 g/mol. The predicted octanol–water partition coefficient (Wildman–Crippen LogP) is 3.21. The van der Waals surface area contributed by atoms with E-state index in [1.54, 1.807) is 6.07 Å². The Morgan fingerprint density at radius 2 is 2.29 bits per heavy atom. The zero-order valence-corrected chi connectivity index (χ0v) is 10.4. The van der Waals surface area contributed by atoms with Gasteiger partial charge >= 0.3 is 5.76 Å². The molecule has 0 amide bonds. The number of nitrogens with zero attached hydrogens (tertiary/aromatic N) is 1. The summed E-state index contributed by atoms with van der Waals surface area (Å²) in [5.74, 6) is -0.453. The second-order valence-electron chi connectivity index (χ2n) is 3.60. The van der Waals surface area contributed by atoms with E-state index < -0.39 is 5.76 Å². The number of H-pyrrole nitrogens is 1. The SMILES string of the molecule is Cc1nc(-c2ccc3oc(=O)[nH]c3c2)sc1Cl. The van der Waals surface area contributed by atoms with Gasteiger partial charge in [-0.2, -0.15) is 0 Å². The number of rotatable bonds is 1. The number of thiazole rings is 1. The summed E-state index contributed by atoms with van der Waals surface area (Å²) < 4.78 is 5.61. The molecule has 4 nitrogen and oxygen atoms in total. The highest BCUT2D eigenvalue weighted by Crippen LogP contribution is 2.32. The van der Waals surface area contributed by atoms with Gasteiger partial charge in [0.05, 0.1) is 11.2 Å². The molecule has 0 bridgehead atoms. The molecule has 0 radical (unpaired) electrons. The molecule has 0 aliphatic rings. The van der Waals surface area contributed by atoms with Gasteiger partial charge in [0.25, 0.3) is 0 Å². The van der Waals surface area contributed by atoms with Crippen molar-refractivity contribution in [3.05, 3.63) is 38.8 Å². The normalized spacial score (nSPS) is 11.2. The fourth-order valence-corrected chi connectivity index (χ4v) is 2.64. The number of oxazole rings is 1. The van der Waals surface area contributed by atoms with Crippen LogP contribution in [0.5, 0.6) is 0 Å². The third-order valence-electron chi connectivity index (χ3n) is 2.41. The van der Waals surface area contributed by atoms with Crippen LogP contribution in [-0.4, -0.2) is 9.97 Å². The molecular weight excluding hydrogens is 260 g/mol. The van der Waals surface area contributed by atoms with Crippen molar-refractivity contribution in [2.45, 2.75) is 6.92 Å². The number of aromatic nitrogens is 2. The largest absolute Gasteiger partial charge is 0.417 e. The van der Waals surface area contributed by atoms with Gasteiger partial charge in [0.15, 0.2) is 5.58 Å². The van der Waals surface area contributed by atoms with Gasteiger partial charge in [0.2, 0.25) is 0 Å². The van der Waals surface area contributed by atoms with Gasteiger partial charge in [-0.3, -0.25) is 4.98 Å². The Hall–Kier alpha value is -1.59. The van der Waals surface area contributed by atoms with Crippen LogP contribution in [0, 0.1) is 6.92 Å². The first-order valence-electron chi connectivity index (χ1n) is 4.89. The van der Waals surface area contributed by atoms with E-state index in [-0.39, 0.29) is 0 Å². The van der Waals surface area contributed by atoms with Crippen LogP contribution in [0.25, 0.3) is 21.7 Å². The van der Waals surface area contributed by atoms with Gasteiger partial charge in [-0.15, -0.1) is 11.3 Å². The zero-order valence-electron chi connectivity index (χ0n) is 8.78. The van der Waals surface area contributed by atoms with Gasteiger partial charge < -0.3 is 4.42 Å². The van der Waals surface area contributed by atoms with Crippen LogP contribution in [0.3, 0.4) is 0 Å². The Kier molecular flexibility index (Phi) is 2.31. The lowest BCUT2D eigenvalue weighted by Crippen LogP contribution is -1.92. The Morgan fingerprint density at radius 1 is 1.47 bits per heavy atom. The molecule has 1 aromatic carbocycles. The lowest BCUT2D eigenvalue weighted by atomic mass is 10.2. The number of benzene rings is 1. The van der Waals surface area contributed by atoms with Crippen LogP contribution in [-0.2, 0) is 0 Å². The van der Waals surface area contributed by atoms with Crippen molar-refractivity contribution in [1.82, 2.24) is 9.97 Å². The highest BCUT2D eigenvalue weighted by molar-refractivity contribution is 7.19. The topological polar surface area (TPSA) is 58.9 Å². The van der Waals surface area contributed by atoms with E-state index in [4.69, 9.17) is 16.0 Å². The van der Waals surface area contributed by atoms with Crippen LogP contribution < -0.4 is 5.76 Å². The number of hydrogen-bond acceptors (Lipinski definition) is 4. The maximum Gasteiger partial charge on any atom is 0.417 e. The highest BCUT2D eigenvalue weighted by Gasteiger charge is 2.09. The molecule has 2 aromatic heterocycles. The standard InChI is InChI=1S/C11H7ClN2O2S/c1-5-9(12)17-10(13-5)6-2-3-8-7(4-6)14-11(15)16-8/h2-4H,1H3,(H,14,15). The first-order chi connectivity index (χ1) is 8.13. The van der Waals surface area contributed by atoms with Gasteiger partial charge in [0, 0.05) is 5.56 Å². The predicted molar refractivity (Wildman–Crippen MR) is 67.7 cm³/mol. The summed E-state index contributed by atoms with van der Waals surface area (Å²) in [6.07, 6.45) is 0. The van der Waals surface area contributed by atoms with E-state index in [2.05, 4.69) is 9.97 Å². The molecule has 3 rings (SSSR count). The van der Waals surface area contributed by atoms with Crippen molar-refractivity contribution in [2.24, 2.45) is 0 Å². The average Bonchev–Trinajstić information content (AvgIpc) is 2.80. The van der Waals surface area contributed by atoms with Gasteiger partial charge in [0.1, 0.15) is 9.34 Å². The van der Waals surface area contributed by atoms with Crippen LogP contribution in [0.4, 0.5) is 0 Å². The maximum absolute atomic E-state index is 11.0. The molecule has 3 aromatic rings. The minimum atomic E-state index is -0.453. The van der Waals surface area contributed by atoms with Crippen molar-refractivity contribution in [3.8, 4) is 10.6 Å². The number of halogens is 1. The van der Waals surface area contributed by atoms with Gasteiger partial charge in [-0.25, -0.2) is 9.78 Å². The summed E-state index contributed by atoms with van der Waals surface area (Å²) in [4.78, 5) is 18.0. The summed E-state index contributed by atoms with van der Waals surface area (Å²) in [6.45, 7) is 1.86. The molecule has 0 aliphatic carbocycles. The van der Waals surface area contributed by atoms with Crippen molar-refractivity contribution in [1.29, 1.82) is 0 Å². The minimum absolute atomic E-state index is 0.453. The second-order valence-corrected chi connectivity index (χ2v) is 5.20. The number of hydrogen-bond donors (Lipinski definition) is 1. The first-order valence-corrected chi connectivity index (χ1v) is 6.09. The smallest absolute Gasteiger partial charge is 0.408 e. The van der Waals surface area contributed by atoms with Crippen molar-refractivity contribution >= 4 is 34.0 Å². The molecule has 0 spiro atoms. The summed E-state index contributed by atoms with van der Waals surface area (Å²) in [6, 6.07) is 5.43. The fraction of sp³-hybridized carbons (Fsp3) is 0.0909.